The van der Waals surface area contributed by atoms with Crippen molar-refractivity contribution >= 4 is 34.7 Å². The Morgan fingerprint density at radius 1 is 1.00 bits per heavy atom. The number of ether oxygens (including phenoxy) is 1. The number of amides is 2. The van der Waals surface area contributed by atoms with Crippen LogP contribution in [0.3, 0.4) is 0 Å². The van der Waals surface area contributed by atoms with Gasteiger partial charge in [0.1, 0.15) is 18.2 Å². The molecule has 1 aliphatic rings. The van der Waals surface area contributed by atoms with Crippen molar-refractivity contribution in [2.24, 2.45) is 0 Å². The molecule has 0 bridgehead atoms. The number of hydrogen-bond acceptors (Lipinski definition) is 10. The standard InChI is InChI=1S/C24H23F4N3O6.C5H4N4O/c25-15-8-16(26)23(28)24(22(15)27)37-13-18(32)17(9-21(35)36)29-19(33)11-30-6-7-31(20(34)12-30)10-14-4-2-1-3-5-14;10-9-5-4(7-8-9)2-1-3-6-5/h1-5,8,17H,6-7,9-13H2,(H,29,33)(H,35,36);1-3,10H/t17-;/m0./s1. The number of carboxylic acid groups (broad SMARTS) is 1. The van der Waals surface area contributed by atoms with E-state index in [-0.39, 0.29) is 25.1 Å². The molecule has 2 aromatic carbocycles. The highest BCUT2D eigenvalue weighted by molar-refractivity contribution is 5.93. The normalized spacial score (nSPS) is 13.9. The number of pyridine rings is 1. The maximum Gasteiger partial charge on any atom is 0.305 e. The second-order valence-electron chi connectivity index (χ2n) is 10.1. The second-order valence-corrected chi connectivity index (χ2v) is 10.1. The van der Waals surface area contributed by atoms with Crippen molar-refractivity contribution in [1.82, 2.24) is 35.3 Å². The molecule has 47 heavy (non-hydrogen) atoms. The molecule has 5 rings (SSSR count). The van der Waals surface area contributed by atoms with Crippen LogP contribution in [0.2, 0.25) is 0 Å². The lowest BCUT2D eigenvalue weighted by Gasteiger charge is -2.34. The van der Waals surface area contributed by atoms with Gasteiger partial charge in [0, 0.05) is 31.9 Å². The van der Waals surface area contributed by atoms with Gasteiger partial charge in [0.15, 0.2) is 23.2 Å². The third-order valence-corrected chi connectivity index (χ3v) is 6.71. The number of carbonyl (C=O) groups excluding carboxylic acids is 3. The molecule has 0 aliphatic carbocycles. The molecule has 1 atom stereocenters. The summed E-state index contributed by atoms with van der Waals surface area (Å²) in [6.07, 6.45) is 0.679. The van der Waals surface area contributed by atoms with Gasteiger partial charge in [-0.2, -0.15) is 8.78 Å². The lowest BCUT2D eigenvalue weighted by Crippen LogP contribution is -2.54. The molecule has 1 fully saturated rings. The fraction of sp³-hybridized carbons (Fsp3) is 0.276. The highest BCUT2D eigenvalue weighted by atomic mass is 19.2. The Kier molecular flexibility index (Phi) is 11.3. The summed E-state index contributed by atoms with van der Waals surface area (Å²) in [6.45, 7) is -0.487. The number of benzene rings is 2. The molecular weight excluding hydrogens is 634 g/mol. The molecule has 2 aromatic heterocycles. The third kappa shape index (κ3) is 9.19. The van der Waals surface area contributed by atoms with E-state index in [0.717, 1.165) is 5.56 Å². The molecule has 3 heterocycles. The minimum atomic E-state index is -1.87. The Morgan fingerprint density at radius 2 is 1.70 bits per heavy atom. The van der Waals surface area contributed by atoms with Crippen LogP contribution in [0.1, 0.15) is 12.0 Å². The third-order valence-electron chi connectivity index (χ3n) is 6.71. The number of aliphatic carboxylic acids is 1. The minimum Gasteiger partial charge on any atom is -0.481 e. The van der Waals surface area contributed by atoms with E-state index in [1.165, 1.54) is 4.90 Å². The van der Waals surface area contributed by atoms with E-state index in [1.54, 1.807) is 23.2 Å². The summed E-state index contributed by atoms with van der Waals surface area (Å²) in [5.74, 6) is -12.3. The first-order valence-electron chi connectivity index (χ1n) is 13.8. The Hall–Kier alpha value is -5.65. The van der Waals surface area contributed by atoms with Gasteiger partial charge in [0.2, 0.25) is 29.1 Å². The molecule has 1 aliphatic heterocycles. The van der Waals surface area contributed by atoms with Crippen LogP contribution in [0, 0.1) is 23.3 Å². The van der Waals surface area contributed by atoms with E-state index in [4.69, 9.17) is 10.3 Å². The summed E-state index contributed by atoms with van der Waals surface area (Å²) in [4.78, 5) is 56.2. The monoisotopic (exact) mass is 661 g/mol. The van der Waals surface area contributed by atoms with Crippen molar-refractivity contribution in [2.45, 2.75) is 19.0 Å². The van der Waals surface area contributed by atoms with Crippen LogP contribution in [-0.2, 0) is 25.7 Å². The van der Waals surface area contributed by atoms with E-state index >= 15 is 0 Å². The Bertz CT molecular complexity index is 1730. The zero-order chi connectivity index (χ0) is 34.1. The summed E-state index contributed by atoms with van der Waals surface area (Å²) in [5.41, 5.74) is 1.91. The van der Waals surface area contributed by atoms with Gasteiger partial charge in [-0.05, 0) is 22.9 Å². The van der Waals surface area contributed by atoms with E-state index in [2.05, 4.69) is 25.3 Å². The molecule has 0 radical (unpaired) electrons. The number of carboxylic acids is 1. The molecule has 4 aromatic rings. The van der Waals surface area contributed by atoms with Crippen LogP contribution in [0.25, 0.3) is 11.2 Å². The number of nitrogens with zero attached hydrogens (tertiary/aromatic N) is 6. The quantitative estimate of drug-likeness (QED) is 0.121. The molecule has 0 spiro atoms. The number of nitrogens with one attached hydrogen (secondary N) is 1. The van der Waals surface area contributed by atoms with Crippen molar-refractivity contribution in [3.8, 4) is 5.75 Å². The number of piperazine rings is 1. The van der Waals surface area contributed by atoms with Gasteiger partial charge in [0.05, 0.1) is 19.5 Å². The summed E-state index contributed by atoms with van der Waals surface area (Å²) in [7, 11) is 0. The van der Waals surface area contributed by atoms with Gasteiger partial charge >= 0.3 is 5.97 Å². The average Bonchev–Trinajstić information content (AvgIpc) is 3.42. The summed E-state index contributed by atoms with van der Waals surface area (Å²) >= 11 is 0. The van der Waals surface area contributed by atoms with Crippen LogP contribution in [0.5, 0.6) is 5.75 Å². The minimum absolute atomic E-state index is 0.0426. The molecule has 2 amide bonds. The van der Waals surface area contributed by atoms with E-state index in [0.29, 0.717) is 35.6 Å². The average molecular weight is 662 g/mol. The lowest BCUT2D eigenvalue weighted by atomic mass is 10.1. The number of aromatic nitrogens is 4. The van der Waals surface area contributed by atoms with Crippen molar-refractivity contribution in [1.29, 1.82) is 0 Å². The van der Waals surface area contributed by atoms with Crippen LogP contribution < -0.4 is 10.1 Å². The molecule has 18 heteroatoms. The molecule has 0 unspecified atom stereocenters. The van der Waals surface area contributed by atoms with Gasteiger partial charge in [-0.3, -0.25) is 24.1 Å². The molecule has 14 nitrogen and oxygen atoms in total. The van der Waals surface area contributed by atoms with E-state index in [9.17, 15) is 36.7 Å². The van der Waals surface area contributed by atoms with Gasteiger partial charge in [-0.25, -0.2) is 13.8 Å². The van der Waals surface area contributed by atoms with Crippen molar-refractivity contribution in [3.63, 3.8) is 0 Å². The van der Waals surface area contributed by atoms with E-state index in [1.807, 2.05) is 30.3 Å². The lowest BCUT2D eigenvalue weighted by molar-refractivity contribution is -0.140. The summed E-state index contributed by atoms with van der Waals surface area (Å²) in [6, 6.07) is 11.1. The van der Waals surface area contributed by atoms with Crippen molar-refractivity contribution in [2.75, 3.05) is 32.8 Å². The summed E-state index contributed by atoms with van der Waals surface area (Å²) < 4.78 is 58.7. The van der Waals surface area contributed by atoms with Crippen molar-refractivity contribution < 1.29 is 51.8 Å². The maximum absolute atomic E-state index is 13.7. The summed E-state index contributed by atoms with van der Waals surface area (Å²) in [5, 5.41) is 27.1. The molecule has 248 valence electrons. The number of ketones is 1. The number of halogens is 4. The van der Waals surface area contributed by atoms with Crippen LogP contribution in [0.4, 0.5) is 17.6 Å². The zero-order valence-electron chi connectivity index (χ0n) is 24.4. The first-order valence-corrected chi connectivity index (χ1v) is 13.8. The number of carbonyl (C=O) groups is 4. The molecule has 1 saturated heterocycles. The number of fused-ring (bicyclic) bond motifs is 1. The first-order chi connectivity index (χ1) is 22.4. The van der Waals surface area contributed by atoms with Gasteiger partial charge < -0.3 is 25.3 Å². The Labute approximate surface area is 263 Å². The van der Waals surface area contributed by atoms with Gasteiger partial charge in [0.25, 0.3) is 0 Å². The zero-order valence-corrected chi connectivity index (χ0v) is 24.4. The smallest absolute Gasteiger partial charge is 0.305 e. The Morgan fingerprint density at radius 3 is 2.34 bits per heavy atom. The SMILES string of the molecule is O=C(O)C[C@H](NC(=O)CN1CCN(Cc2ccccc2)C(=O)C1)C(=O)COc1c(F)c(F)cc(F)c1F.On1nnc2cccnc21. The number of Topliss-reactive ketones (excluding diaryl/α,β-unsaturated/α-hetero) is 1. The van der Waals surface area contributed by atoms with Gasteiger partial charge in [-0.1, -0.05) is 35.2 Å². The van der Waals surface area contributed by atoms with E-state index < -0.39 is 65.7 Å². The first kappa shape index (κ1) is 34.2. The predicted molar refractivity (Wildman–Crippen MR) is 152 cm³/mol. The largest absolute Gasteiger partial charge is 0.481 e. The van der Waals surface area contributed by atoms with Crippen molar-refractivity contribution in [3.05, 3.63) is 83.6 Å². The topological polar surface area (TPSA) is 180 Å². The highest BCUT2D eigenvalue weighted by Gasteiger charge is 2.29. The fourth-order valence-corrected chi connectivity index (χ4v) is 4.40. The Balaban J connectivity index is 0.000000420. The predicted octanol–water partition coefficient (Wildman–Crippen LogP) is 1.56. The van der Waals surface area contributed by atoms with Crippen LogP contribution >= 0.6 is 0 Å². The number of rotatable bonds is 11. The maximum atomic E-state index is 13.7. The second kappa shape index (κ2) is 15.6. The van der Waals surface area contributed by atoms with Crippen LogP contribution in [-0.4, -0.2) is 103 Å². The van der Waals surface area contributed by atoms with Crippen LogP contribution in [0.15, 0.2) is 54.7 Å². The molecule has 0 saturated carbocycles. The fourth-order valence-electron chi connectivity index (χ4n) is 4.40. The molecule has 3 N–H and O–H groups in total. The highest BCUT2D eigenvalue weighted by Crippen LogP contribution is 2.26. The number of hydrogen-bond donors (Lipinski definition) is 3. The molecular formula is C29H27F4N7O7. The van der Waals surface area contributed by atoms with Gasteiger partial charge in [-0.15, -0.1) is 5.10 Å².